The van der Waals surface area contributed by atoms with Gasteiger partial charge < -0.3 is 10.0 Å². The number of H-pyrrole nitrogens is 1. The molecule has 0 bridgehead atoms. The monoisotopic (exact) mass is 418 g/mol. The molecule has 0 aliphatic carbocycles. The number of anilines is 1. The summed E-state index contributed by atoms with van der Waals surface area (Å²) >= 11 is 0. The number of benzene rings is 2. The number of fused-ring (bicyclic) bond motifs is 1. The molecular weight excluding hydrogens is 397 g/mol. The lowest BCUT2D eigenvalue weighted by Crippen LogP contribution is -2.47. The van der Waals surface area contributed by atoms with Crippen LogP contribution in [0.3, 0.4) is 0 Å². The summed E-state index contributed by atoms with van der Waals surface area (Å²) in [5.41, 5.74) is -1.09. The van der Waals surface area contributed by atoms with Crippen molar-refractivity contribution in [2.45, 2.75) is 31.5 Å². The molecule has 1 fully saturated rings. The summed E-state index contributed by atoms with van der Waals surface area (Å²) in [6.07, 6.45) is -4.20. The number of hydrogen-bond donors (Lipinski definition) is 3. The van der Waals surface area contributed by atoms with E-state index in [1.807, 2.05) is 24.3 Å². The summed E-state index contributed by atoms with van der Waals surface area (Å²) < 4.78 is 39.7. The topological polar surface area (TPSA) is 81.2 Å². The number of likely N-dealkylation sites (tertiary alicyclic amines) is 1. The van der Waals surface area contributed by atoms with E-state index in [1.54, 1.807) is 0 Å². The maximum absolute atomic E-state index is 13.2. The number of alkyl halides is 3. The fourth-order valence-electron chi connectivity index (χ4n) is 4.04. The predicted molar refractivity (Wildman–Crippen MR) is 106 cm³/mol. The summed E-state index contributed by atoms with van der Waals surface area (Å²) in [5.74, 6) is 0.408. The van der Waals surface area contributed by atoms with Crippen LogP contribution in [-0.2, 0) is 11.8 Å². The normalized spacial score (nSPS) is 16.6. The number of aromatic amines is 1. The van der Waals surface area contributed by atoms with Crippen molar-refractivity contribution in [3.63, 3.8) is 0 Å². The number of aromatic nitrogens is 2. The van der Waals surface area contributed by atoms with Crippen LogP contribution in [0.1, 0.15) is 29.5 Å². The summed E-state index contributed by atoms with van der Waals surface area (Å²) in [7, 11) is 0. The van der Waals surface area contributed by atoms with Crippen LogP contribution in [0.15, 0.2) is 42.5 Å². The molecule has 9 heteroatoms. The molecule has 1 saturated heterocycles. The molecule has 2 heterocycles. The zero-order valence-electron chi connectivity index (χ0n) is 16.3. The number of carbonyl (C=O) groups excluding carboxylic acids is 1. The van der Waals surface area contributed by atoms with Gasteiger partial charge in [0.2, 0.25) is 0 Å². The van der Waals surface area contributed by atoms with E-state index in [2.05, 4.69) is 15.5 Å². The minimum Gasteiger partial charge on any atom is -0.385 e. The maximum atomic E-state index is 13.2. The number of carbonyl (C=O) groups is 1. The second-order valence-electron chi connectivity index (χ2n) is 7.54. The fourth-order valence-corrected chi connectivity index (χ4v) is 4.04. The average Bonchev–Trinajstić information content (AvgIpc) is 3.10. The minimum atomic E-state index is -4.48. The molecule has 3 aromatic rings. The van der Waals surface area contributed by atoms with Crippen LogP contribution >= 0.6 is 0 Å². The Morgan fingerprint density at radius 3 is 2.57 bits per heavy atom. The van der Waals surface area contributed by atoms with E-state index in [0.29, 0.717) is 5.82 Å². The number of aliphatic hydroxyl groups is 1. The van der Waals surface area contributed by atoms with Crippen LogP contribution < -0.4 is 5.32 Å². The number of urea groups is 1. The lowest BCUT2D eigenvalue weighted by Gasteiger charge is -2.39. The van der Waals surface area contributed by atoms with Gasteiger partial charge in [-0.05, 0) is 49.1 Å². The minimum absolute atomic E-state index is 0.0217. The molecule has 0 radical (unpaired) electrons. The van der Waals surface area contributed by atoms with E-state index >= 15 is 0 Å². The third-order valence-corrected chi connectivity index (χ3v) is 5.71. The molecule has 4 rings (SSSR count). The number of para-hydroxylation sites is 1. The highest BCUT2D eigenvalue weighted by Gasteiger charge is 2.40. The van der Waals surface area contributed by atoms with Crippen molar-refractivity contribution in [2.75, 3.05) is 18.4 Å². The first-order valence-corrected chi connectivity index (χ1v) is 9.58. The molecule has 2 aromatic carbocycles. The molecule has 3 N–H and O–H groups in total. The third kappa shape index (κ3) is 3.60. The Morgan fingerprint density at radius 1 is 1.17 bits per heavy atom. The van der Waals surface area contributed by atoms with Gasteiger partial charge in [0.15, 0.2) is 5.82 Å². The maximum Gasteiger partial charge on any atom is 0.416 e. The number of nitrogens with zero attached hydrogens (tertiary/aromatic N) is 2. The molecule has 0 atom stereocenters. The second kappa shape index (κ2) is 7.32. The van der Waals surface area contributed by atoms with Crippen molar-refractivity contribution in [1.82, 2.24) is 15.1 Å². The van der Waals surface area contributed by atoms with Crippen molar-refractivity contribution >= 4 is 22.8 Å². The van der Waals surface area contributed by atoms with E-state index < -0.39 is 17.3 Å². The first kappa shape index (κ1) is 20.2. The zero-order chi connectivity index (χ0) is 21.5. The van der Waals surface area contributed by atoms with Gasteiger partial charge in [0.05, 0.1) is 16.7 Å². The Labute approximate surface area is 170 Å². The van der Waals surface area contributed by atoms with Gasteiger partial charge in [-0.1, -0.05) is 24.3 Å². The van der Waals surface area contributed by atoms with E-state index in [-0.39, 0.29) is 43.1 Å². The van der Waals surface area contributed by atoms with Gasteiger partial charge in [0, 0.05) is 18.5 Å². The van der Waals surface area contributed by atoms with Crippen molar-refractivity contribution < 1.29 is 23.1 Å². The number of rotatable bonds is 2. The van der Waals surface area contributed by atoms with Gasteiger partial charge in [-0.2, -0.15) is 18.3 Å². The van der Waals surface area contributed by atoms with Crippen molar-refractivity contribution in [1.29, 1.82) is 0 Å². The SMILES string of the molecule is Cc1c(C(F)(F)F)cccc1C1(O)CCN(C(=O)Nc2n[nH]c3ccccc23)CC1. The Bertz CT molecular complexity index is 1090. The van der Waals surface area contributed by atoms with Crippen LogP contribution in [0.25, 0.3) is 10.9 Å². The summed E-state index contributed by atoms with van der Waals surface area (Å²) in [5, 5.41) is 21.6. The number of amides is 2. The van der Waals surface area contributed by atoms with Crippen LogP contribution in [-0.4, -0.2) is 39.3 Å². The van der Waals surface area contributed by atoms with E-state index in [1.165, 1.54) is 24.0 Å². The smallest absolute Gasteiger partial charge is 0.385 e. The Hall–Kier alpha value is -3.07. The number of halogens is 3. The molecule has 1 aliphatic heterocycles. The molecule has 1 aliphatic rings. The first-order valence-electron chi connectivity index (χ1n) is 9.58. The van der Waals surface area contributed by atoms with Crippen molar-refractivity contribution in [3.05, 3.63) is 59.2 Å². The quantitative estimate of drug-likeness (QED) is 0.577. The second-order valence-corrected chi connectivity index (χ2v) is 7.54. The predicted octanol–water partition coefficient (Wildman–Crippen LogP) is 4.41. The fraction of sp³-hybridized carbons (Fsp3) is 0.333. The largest absolute Gasteiger partial charge is 0.416 e. The van der Waals surface area contributed by atoms with Crippen LogP contribution in [0, 0.1) is 6.92 Å². The molecule has 0 spiro atoms. The van der Waals surface area contributed by atoms with Crippen molar-refractivity contribution in [3.8, 4) is 0 Å². The van der Waals surface area contributed by atoms with Crippen LogP contribution in [0.4, 0.5) is 23.8 Å². The van der Waals surface area contributed by atoms with Crippen LogP contribution in [0.5, 0.6) is 0 Å². The zero-order valence-corrected chi connectivity index (χ0v) is 16.3. The lowest BCUT2D eigenvalue weighted by molar-refractivity contribution is -0.138. The van der Waals surface area contributed by atoms with Gasteiger partial charge in [-0.25, -0.2) is 4.79 Å². The van der Waals surface area contributed by atoms with Gasteiger partial charge in [-0.3, -0.25) is 10.4 Å². The molecule has 0 unspecified atom stereocenters. The summed E-state index contributed by atoms with van der Waals surface area (Å²) in [6.45, 7) is 1.79. The van der Waals surface area contributed by atoms with E-state index in [9.17, 15) is 23.1 Å². The standard InChI is InChI=1S/C21H21F3N4O2/c1-13-15(6-4-7-16(13)21(22,23)24)20(30)9-11-28(12-10-20)19(29)25-18-14-5-2-3-8-17(14)26-27-18/h2-8,30H,9-12H2,1H3,(H2,25,26,27,29). The molecule has 2 amide bonds. The molecule has 158 valence electrons. The van der Waals surface area contributed by atoms with Crippen molar-refractivity contribution in [2.24, 2.45) is 0 Å². The molecule has 1 aromatic heterocycles. The molecule has 30 heavy (non-hydrogen) atoms. The summed E-state index contributed by atoms with van der Waals surface area (Å²) in [6, 6.07) is 10.9. The lowest BCUT2D eigenvalue weighted by atomic mass is 9.81. The van der Waals surface area contributed by atoms with Gasteiger partial charge in [-0.15, -0.1) is 0 Å². The number of hydrogen-bond acceptors (Lipinski definition) is 3. The van der Waals surface area contributed by atoms with E-state index in [4.69, 9.17) is 0 Å². The number of piperidine rings is 1. The highest BCUT2D eigenvalue weighted by Crippen LogP contribution is 2.40. The van der Waals surface area contributed by atoms with Crippen LogP contribution in [0.2, 0.25) is 0 Å². The highest BCUT2D eigenvalue weighted by molar-refractivity contribution is 5.98. The Balaban J connectivity index is 1.47. The van der Waals surface area contributed by atoms with Gasteiger partial charge in [0.25, 0.3) is 0 Å². The third-order valence-electron chi connectivity index (χ3n) is 5.71. The molecular formula is C21H21F3N4O2. The first-order chi connectivity index (χ1) is 14.2. The van der Waals surface area contributed by atoms with E-state index in [0.717, 1.165) is 17.0 Å². The van der Waals surface area contributed by atoms with Gasteiger partial charge >= 0.3 is 12.2 Å². The Kier molecular flexibility index (Phi) is 4.93. The molecule has 0 saturated carbocycles. The average molecular weight is 418 g/mol. The molecule has 6 nitrogen and oxygen atoms in total. The summed E-state index contributed by atoms with van der Waals surface area (Å²) in [4.78, 5) is 14.2. The highest BCUT2D eigenvalue weighted by atomic mass is 19.4. The Morgan fingerprint density at radius 2 is 1.87 bits per heavy atom. The van der Waals surface area contributed by atoms with Gasteiger partial charge in [0.1, 0.15) is 0 Å². The number of nitrogens with one attached hydrogen (secondary N) is 2.